The van der Waals surface area contributed by atoms with Gasteiger partial charge in [0.25, 0.3) is 0 Å². The lowest BCUT2D eigenvalue weighted by Gasteiger charge is -2.31. The van der Waals surface area contributed by atoms with E-state index < -0.39 is 9.84 Å². The van der Waals surface area contributed by atoms with E-state index in [0.717, 1.165) is 37.4 Å². The summed E-state index contributed by atoms with van der Waals surface area (Å²) >= 11 is 6.43. The topological polar surface area (TPSA) is 83.6 Å². The van der Waals surface area contributed by atoms with Gasteiger partial charge in [0.2, 0.25) is 0 Å². The molecule has 2 aromatic carbocycles. The number of piperidine rings is 1. The van der Waals surface area contributed by atoms with E-state index in [1.807, 2.05) is 13.8 Å². The van der Waals surface area contributed by atoms with E-state index in [2.05, 4.69) is 46.6 Å². The molecular formula is C28H35ClN4O3S. The number of aromatic nitrogens is 1. The molecule has 7 nitrogen and oxygen atoms in total. The van der Waals surface area contributed by atoms with Crippen LogP contribution in [-0.4, -0.2) is 50.8 Å². The Morgan fingerprint density at radius 3 is 2.43 bits per heavy atom. The molecule has 0 spiro atoms. The van der Waals surface area contributed by atoms with Crippen LogP contribution in [0.15, 0.2) is 53.6 Å². The minimum Gasteiger partial charge on any atom is -0.489 e. The maximum absolute atomic E-state index is 12.2. The van der Waals surface area contributed by atoms with Crippen molar-refractivity contribution < 1.29 is 13.2 Å². The highest BCUT2D eigenvalue weighted by atomic mass is 35.5. The maximum Gasteiger partial charge on any atom is 0.177 e. The van der Waals surface area contributed by atoms with E-state index in [4.69, 9.17) is 16.3 Å². The molecule has 3 aromatic rings. The minimum absolute atomic E-state index is 0.0106. The van der Waals surface area contributed by atoms with Gasteiger partial charge in [-0.25, -0.2) is 13.4 Å². The van der Waals surface area contributed by atoms with Crippen molar-refractivity contribution in [3.8, 4) is 5.75 Å². The Kier molecular flexibility index (Phi) is 8.31. The molecule has 1 aliphatic rings. The Morgan fingerprint density at radius 2 is 1.76 bits per heavy atom. The first-order chi connectivity index (χ1) is 17.5. The van der Waals surface area contributed by atoms with Crippen LogP contribution in [0.4, 0.5) is 22.9 Å². The van der Waals surface area contributed by atoms with Crippen LogP contribution in [0.1, 0.15) is 43.7 Å². The third-order valence-electron chi connectivity index (χ3n) is 6.56. The summed E-state index contributed by atoms with van der Waals surface area (Å²) in [6.45, 7) is 8.36. The van der Waals surface area contributed by atoms with Crippen LogP contribution < -0.4 is 15.4 Å². The molecule has 1 aliphatic heterocycles. The number of likely N-dealkylation sites (tertiary alicyclic amines) is 1. The summed E-state index contributed by atoms with van der Waals surface area (Å²) in [4.78, 5) is 7.03. The molecule has 2 heterocycles. The van der Waals surface area contributed by atoms with Crippen molar-refractivity contribution in [3.63, 3.8) is 0 Å². The first-order valence-corrected chi connectivity index (χ1v) is 14.8. The van der Waals surface area contributed by atoms with Gasteiger partial charge in [-0.3, -0.25) is 0 Å². The number of hydrogen-bond donors (Lipinski definition) is 2. The first-order valence-electron chi connectivity index (χ1n) is 12.5. The van der Waals surface area contributed by atoms with Gasteiger partial charge in [0.1, 0.15) is 11.6 Å². The molecule has 1 saturated heterocycles. The fourth-order valence-corrected chi connectivity index (χ4v) is 5.69. The average Bonchev–Trinajstić information content (AvgIpc) is 2.83. The van der Waals surface area contributed by atoms with Gasteiger partial charge in [0.15, 0.2) is 9.84 Å². The zero-order valence-corrected chi connectivity index (χ0v) is 23.6. The summed E-state index contributed by atoms with van der Waals surface area (Å²) in [5, 5.41) is 6.93. The Morgan fingerprint density at radius 1 is 1.05 bits per heavy atom. The SMILES string of the molecule is Cc1cc(Nc2cc(Nc3ccccc3S(C)(=O)=O)c(Cl)cn2)c(OC(C)C)cc1C1CCN(C)CC1. The normalized spacial score (nSPS) is 15.1. The lowest BCUT2D eigenvalue weighted by atomic mass is 9.86. The summed E-state index contributed by atoms with van der Waals surface area (Å²) in [5.41, 5.74) is 4.35. The second kappa shape index (κ2) is 11.3. The van der Waals surface area contributed by atoms with Crippen molar-refractivity contribution in [1.29, 1.82) is 0 Å². The zero-order valence-electron chi connectivity index (χ0n) is 22.0. The highest BCUT2D eigenvalue weighted by Gasteiger charge is 2.22. The molecule has 9 heteroatoms. The largest absolute Gasteiger partial charge is 0.489 e. The van der Waals surface area contributed by atoms with Crippen molar-refractivity contribution in [3.05, 3.63) is 64.8 Å². The monoisotopic (exact) mass is 542 g/mol. The third kappa shape index (κ3) is 6.74. The third-order valence-corrected chi connectivity index (χ3v) is 8.02. The summed E-state index contributed by atoms with van der Waals surface area (Å²) in [6.07, 6.45) is 5.00. The number of aryl methyl sites for hydroxylation is 1. The Hall–Kier alpha value is -2.81. The van der Waals surface area contributed by atoms with E-state index >= 15 is 0 Å². The summed E-state index contributed by atoms with van der Waals surface area (Å²) in [7, 11) is -1.25. The molecule has 198 valence electrons. The number of anilines is 4. The fraction of sp³-hybridized carbons (Fsp3) is 0.393. The number of para-hydroxylation sites is 1. The van der Waals surface area contributed by atoms with Gasteiger partial charge >= 0.3 is 0 Å². The Bertz CT molecular complexity index is 1370. The van der Waals surface area contributed by atoms with Gasteiger partial charge in [-0.15, -0.1) is 0 Å². The number of nitrogens with zero attached hydrogens (tertiary/aromatic N) is 2. The van der Waals surface area contributed by atoms with E-state index in [0.29, 0.717) is 28.1 Å². The van der Waals surface area contributed by atoms with E-state index in [-0.39, 0.29) is 11.0 Å². The summed E-state index contributed by atoms with van der Waals surface area (Å²) < 4.78 is 30.7. The van der Waals surface area contributed by atoms with E-state index in [1.165, 1.54) is 23.6 Å². The predicted molar refractivity (Wildman–Crippen MR) is 152 cm³/mol. The van der Waals surface area contributed by atoms with Crippen LogP contribution >= 0.6 is 11.6 Å². The van der Waals surface area contributed by atoms with Gasteiger partial charge < -0.3 is 20.3 Å². The number of ether oxygens (including phenoxy) is 1. The quantitative estimate of drug-likeness (QED) is 0.335. The van der Waals surface area contributed by atoms with E-state index in [9.17, 15) is 8.42 Å². The van der Waals surface area contributed by atoms with E-state index in [1.54, 1.807) is 30.3 Å². The number of pyridine rings is 1. The lowest BCUT2D eigenvalue weighted by molar-refractivity contribution is 0.241. The van der Waals surface area contributed by atoms with Crippen LogP contribution in [0, 0.1) is 6.92 Å². The standard InChI is InChI=1S/C28H35ClN4O3S/c1-18(2)36-26-15-21(20-10-12-33(4)13-11-20)19(3)14-25(26)32-28-16-24(22(29)17-30-28)31-23-8-6-7-9-27(23)37(5,34)35/h6-9,14-18,20H,10-13H2,1-5H3,(H2,30,31,32). The highest BCUT2D eigenvalue weighted by Crippen LogP contribution is 2.38. The molecule has 0 atom stereocenters. The molecule has 37 heavy (non-hydrogen) atoms. The molecule has 4 rings (SSSR count). The van der Waals surface area contributed by atoms with Crippen molar-refractivity contribution >= 4 is 44.3 Å². The molecule has 1 fully saturated rings. The van der Waals surface area contributed by atoms with Gasteiger partial charge in [-0.1, -0.05) is 23.7 Å². The Balaban J connectivity index is 1.65. The zero-order chi connectivity index (χ0) is 26.7. The van der Waals surface area contributed by atoms with Crippen LogP contribution in [0.25, 0.3) is 0 Å². The van der Waals surface area contributed by atoms with Crippen LogP contribution in [0.3, 0.4) is 0 Å². The highest BCUT2D eigenvalue weighted by molar-refractivity contribution is 7.90. The molecular weight excluding hydrogens is 508 g/mol. The number of nitrogens with one attached hydrogen (secondary N) is 2. The van der Waals surface area contributed by atoms with Gasteiger partial charge in [-0.05, 0) is 95.1 Å². The first kappa shape index (κ1) is 27.2. The summed E-state index contributed by atoms with van der Waals surface area (Å²) in [6, 6.07) is 12.8. The van der Waals surface area contributed by atoms with Crippen molar-refractivity contribution in [2.24, 2.45) is 0 Å². The van der Waals surface area contributed by atoms with Crippen LogP contribution in [0.5, 0.6) is 5.75 Å². The average molecular weight is 543 g/mol. The number of halogens is 1. The second-order valence-electron chi connectivity index (χ2n) is 10.0. The van der Waals surface area contributed by atoms with Crippen molar-refractivity contribution in [1.82, 2.24) is 9.88 Å². The molecule has 0 radical (unpaired) electrons. The molecule has 0 aliphatic carbocycles. The van der Waals surface area contributed by atoms with Crippen LogP contribution in [0.2, 0.25) is 5.02 Å². The van der Waals surface area contributed by atoms with Gasteiger partial charge in [0.05, 0.1) is 39.3 Å². The number of sulfone groups is 1. The maximum atomic E-state index is 12.2. The minimum atomic E-state index is -3.42. The lowest BCUT2D eigenvalue weighted by Crippen LogP contribution is -2.29. The van der Waals surface area contributed by atoms with Crippen molar-refractivity contribution in [2.45, 2.75) is 50.5 Å². The van der Waals surface area contributed by atoms with Crippen molar-refractivity contribution in [2.75, 3.05) is 37.0 Å². The number of hydrogen-bond acceptors (Lipinski definition) is 7. The Labute approximate surface area is 225 Å². The second-order valence-corrected chi connectivity index (χ2v) is 12.4. The molecule has 2 N–H and O–H groups in total. The molecule has 0 unspecified atom stereocenters. The molecule has 0 bridgehead atoms. The number of benzene rings is 2. The summed E-state index contributed by atoms with van der Waals surface area (Å²) in [5.74, 6) is 1.85. The van der Waals surface area contributed by atoms with Gasteiger partial charge in [0, 0.05) is 12.3 Å². The van der Waals surface area contributed by atoms with Crippen LogP contribution in [-0.2, 0) is 9.84 Å². The molecule has 0 saturated carbocycles. The smallest absolute Gasteiger partial charge is 0.177 e. The predicted octanol–water partition coefficient (Wildman–Crippen LogP) is 6.53. The molecule has 0 amide bonds. The molecule has 1 aromatic heterocycles. The fourth-order valence-electron chi connectivity index (χ4n) is 4.69. The number of rotatable bonds is 8. The van der Waals surface area contributed by atoms with Gasteiger partial charge in [-0.2, -0.15) is 0 Å².